The van der Waals surface area contributed by atoms with E-state index in [1.54, 1.807) is 0 Å². The normalized spacial score (nSPS) is 15.1. The zero-order chi connectivity index (χ0) is 10.5. The van der Waals surface area contributed by atoms with Crippen molar-refractivity contribution >= 4 is 29.5 Å². The van der Waals surface area contributed by atoms with Crippen LogP contribution in [-0.4, -0.2) is 31.7 Å². The van der Waals surface area contributed by atoms with Crippen molar-refractivity contribution in [2.45, 2.75) is 4.90 Å². The lowest BCUT2D eigenvalue weighted by Gasteiger charge is -2.30. The SMILES string of the molecule is CSOCCN1CCSc2ccccc21. The number of benzene rings is 1. The van der Waals surface area contributed by atoms with Crippen molar-refractivity contribution in [2.75, 3.05) is 36.6 Å². The van der Waals surface area contributed by atoms with Crippen LogP contribution in [0.4, 0.5) is 5.69 Å². The lowest BCUT2D eigenvalue weighted by atomic mass is 10.3. The zero-order valence-electron chi connectivity index (χ0n) is 8.81. The molecule has 0 radical (unpaired) electrons. The summed E-state index contributed by atoms with van der Waals surface area (Å²) in [5, 5.41) is 0. The minimum Gasteiger partial charge on any atom is -0.367 e. The molecule has 2 nitrogen and oxygen atoms in total. The summed E-state index contributed by atoms with van der Waals surface area (Å²) in [5.74, 6) is 1.18. The summed E-state index contributed by atoms with van der Waals surface area (Å²) in [6.07, 6.45) is 1.96. The maximum atomic E-state index is 5.32. The van der Waals surface area contributed by atoms with Crippen molar-refractivity contribution in [2.24, 2.45) is 0 Å². The standard InChI is InChI=1S/C11H15NOS2/c1-14-13-8-6-12-7-9-15-11-5-3-2-4-10(11)12/h2-5H,6-9H2,1H3. The van der Waals surface area contributed by atoms with Crippen LogP contribution in [0.2, 0.25) is 0 Å². The van der Waals surface area contributed by atoms with Gasteiger partial charge in [-0.1, -0.05) is 12.1 Å². The third-order valence-electron chi connectivity index (χ3n) is 2.39. The van der Waals surface area contributed by atoms with Gasteiger partial charge < -0.3 is 9.08 Å². The van der Waals surface area contributed by atoms with Gasteiger partial charge in [0.05, 0.1) is 12.3 Å². The Hall–Kier alpha value is -0.320. The molecule has 1 heterocycles. The molecule has 0 aromatic heterocycles. The van der Waals surface area contributed by atoms with Crippen LogP contribution in [0, 0.1) is 0 Å². The van der Waals surface area contributed by atoms with E-state index in [9.17, 15) is 0 Å². The minimum atomic E-state index is 0.792. The van der Waals surface area contributed by atoms with Gasteiger partial charge in [-0.25, -0.2) is 0 Å². The number of hydrogen-bond donors (Lipinski definition) is 0. The van der Waals surface area contributed by atoms with Crippen LogP contribution in [0.1, 0.15) is 0 Å². The van der Waals surface area contributed by atoms with Gasteiger partial charge in [-0.2, -0.15) is 0 Å². The van der Waals surface area contributed by atoms with Gasteiger partial charge in [-0.15, -0.1) is 11.8 Å². The van der Waals surface area contributed by atoms with Gasteiger partial charge >= 0.3 is 0 Å². The van der Waals surface area contributed by atoms with Gasteiger partial charge in [-0.05, 0) is 24.2 Å². The topological polar surface area (TPSA) is 12.5 Å². The number of para-hydroxylation sites is 1. The van der Waals surface area contributed by atoms with E-state index in [1.165, 1.54) is 28.4 Å². The fraction of sp³-hybridized carbons (Fsp3) is 0.455. The average molecular weight is 241 g/mol. The van der Waals surface area contributed by atoms with Gasteiger partial charge in [0, 0.05) is 30.0 Å². The van der Waals surface area contributed by atoms with E-state index in [0.717, 1.165) is 19.7 Å². The van der Waals surface area contributed by atoms with Crippen molar-refractivity contribution in [3.63, 3.8) is 0 Å². The predicted octanol–water partition coefficient (Wildman–Crippen LogP) is 2.89. The van der Waals surface area contributed by atoms with Crippen molar-refractivity contribution in [3.8, 4) is 0 Å². The predicted molar refractivity (Wildman–Crippen MR) is 68.8 cm³/mol. The molecule has 0 spiro atoms. The molecule has 1 aliphatic rings. The first-order valence-electron chi connectivity index (χ1n) is 5.04. The Morgan fingerprint density at radius 2 is 2.33 bits per heavy atom. The Bertz CT molecular complexity index is 319. The number of thioether (sulfide) groups is 1. The molecule has 0 aliphatic carbocycles. The second kappa shape index (κ2) is 5.68. The summed E-state index contributed by atoms with van der Waals surface area (Å²) in [7, 11) is 0. The van der Waals surface area contributed by atoms with Crippen molar-refractivity contribution in [1.29, 1.82) is 0 Å². The molecule has 0 fully saturated rings. The Balaban J connectivity index is 2.02. The molecule has 0 amide bonds. The van der Waals surface area contributed by atoms with Gasteiger partial charge in [0.2, 0.25) is 0 Å². The van der Waals surface area contributed by atoms with Gasteiger partial charge in [0.25, 0.3) is 0 Å². The first-order chi connectivity index (χ1) is 7.42. The molecular weight excluding hydrogens is 226 g/mol. The first kappa shape index (κ1) is 11.2. The molecule has 1 aromatic carbocycles. The third-order valence-corrected chi connectivity index (χ3v) is 3.83. The van der Waals surface area contributed by atoms with Crippen LogP contribution in [0.5, 0.6) is 0 Å². The highest BCUT2D eigenvalue weighted by Gasteiger charge is 2.15. The summed E-state index contributed by atoms with van der Waals surface area (Å²) in [5.41, 5.74) is 1.36. The number of nitrogens with zero attached hydrogens (tertiary/aromatic N) is 1. The summed E-state index contributed by atoms with van der Waals surface area (Å²) in [6.45, 7) is 2.90. The van der Waals surface area contributed by atoms with E-state index in [2.05, 4.69) is 29.2 Å². The fourth-order valence-electron chi connectivity index (χ4n) is 1.69. The largest absolute Gasteiger partial charge is 0.367 e. The number of rotatable bonds is 4. The summed E-state index contributed by atoms with van der Waals surface area (Å²) < 4.78 is 5.32. The molecule has 0 saturated carbocycles. The van der Waals surface area contributed by atoms with E-state index in [0.29, 0.717) is 0 Å². The highest BCUT2D eigenvalue weighted by atomic mass is 32.2. The van der Waals surface area contributed by atoms with E-state index in [1.807, 2.05) is 18.0 Å². The summed E-state index contributed by atoms with van der Waals surface area (Å²) in [4.78, 5) is 3.80. The lowest BCUT2D eigenvalue weighted by molar-refractivity contribution is 0.382. The molecule has 1 aliphatic heterocycles. The second-order valence-corrected chi connectivity index (χ2v) is 5.00. The van der Waals surface area contributed by atoms with Crippen LogP contribution in [0.3, 0.4) is 0 Å². The molecule has 0 unspecified atom stereocenters. The van der Waals surface area contributed by atoms with Crippen LogP contribution in [0.25, 0.3) is 0 Å². The molecule has 82 valence electrons. The Morgan fingerprint density at radius 3 is 3.20 bits per heavy atom. The van der Waals surface area contributed by atoms with E-state index in [4.69, 9.17) is 4.18 Å². The van der Waals surface area contributed by atoms with E-state index in [-0.39, 0.29) is 0 Å². The lowest BCUT2D eigenvalue weighted by Crippen LogP contribution is -2.31. The van der Waals surface area contributed by atoms with Crippen LogP contribution in [-0.2, 0) is 4.18 Å². The van der Waals surface area contributed by atoms with Gasteiger partial charge in [0.1, 0.15) is 0 Å². The smallest absolute Gasteiger partial charge is 0.0789 e. The van der Waals surface area contributed by atoms with Crippen molar-refractivity contribution < 1.29 is 4.18 Å². The Morgan fingerprint density at radius 1 is 1.47 bits per heavy atom. The number of anilines is 1. The third kappa shape index (κ3) is 2.83. The monoisotopic (exact) mass is 241 g/mol. The van der Waals surface area contributed by atoms with Crippen molar-refractivity contribution in [1.82, 2.24) is 0 Å². The number of fused-ring (bicyclic) bond motifs is 1. The minimum absolute atomic E-state index is 0.792. The molecule has 0 atom stereocenters. The highest BCUT2D eigenvalue weighted by molar-refractivity contribution is 7.99. The molecular formula is C11H15NOS2. The van der Waals surface area contributed by atoms with Crippen LogP contribution >= 0.6 is 23.8 Å². The second-order valence-electron chi connectivity index (χ2n) is 3.29. The average Bonchev–Trinajstić information content (AvgIpc) is 2.30. The molecule has 1 aromatic rings. The summed E-state index contributed by atoms with van der Waals surface area (Å²) in [6, 6.07) is 8.60. The molecule has 0 N–H and O–H groups in total. The molecule has 2 rings (SSSR count). The van der Waals surface area contributed by atoms with Crippen LogP contribution in [0.15, 0.2) is 29.2 Å². The Labute approximate surface area is 99.6 Å². The fourth-order valence-corrected chi connectivity index (χ4v) is 2.98. The molecule has 15 heavy (non-hydrogen) atoms. The van der Waals surface area contributed by atoms with E-state index >= 15 is 0 Å². The molecule has 0 bridgehead atoms. The zero-order valence-corrected chi connectivity index (χ0v) is 10.4. The maximum absolute atomic E-state index is 5.32. The molecule has 4 heteroatoms. The van der Waals surface area contributed by atoms with Gasteiger partial charge in [0.15, 0.2) is 0 Å². The Kier molecular flexibility index (Phi) is 4.23. The summed E-state index contributed by atoms with van der Waals surface area (Å²) >= 11 is 3.38. The highest BCUT2D eigenvalue weighted by Crippen LogP contribution is 2.33. The molecule has 0 saturated heterocycles. The van der Waals surface area contributed by atoms with Crippen LogP contribution < -0.4 is 4.90 Å². The van der Waals surface area contributed by atoms with E-state index < -0.39 is 0 Å². The number of hydrogen-bond acceptors (Lipinski definition) is 4. The first-order valence-corrected chi connectivity index (χ1v) is 7.18. The maximum Gasteiger partial charge on any atom is 0.0789 e. The quantitative estimate of drug-likeness (QED) is 0.593. The van der Waals surface area contributed by atoms with Crippen molar-refractivity contribution in [3.05, 3.63) is 24.3 Å². The van der Waals surface area contributed by atoms with Gasteiger partial charge in [-0.3, -0.25) is 0 Å².